The minimum Gasteiger partial charge on any atom is -0.330 e. The van der Waals surface area contributed by atoms with Crippen LogP contribution in [0, 0.1) is 0 Å². The molecule has 2 heterocycles. The van der Waals surface area contributed by atoms with Gasteiger partial charge in [0, 0.05) is 11.6 Å². The van der Waals surface area contributed by atoms with Crippen LogP contribution < -0.4 is 5.73 Å². The van der Waals surface area contributed by atoms with Crippen molar-refractivity contribution >= 4 is 23.4 Å². The van der Waals surface area contributed by atoms with Crippen molar-refractivity contribution in [3.63, 3.8) is 0 Å². The Balaban J connectivity index is 0.00000133. The van der Waals surface area contributed by atoms with Gasteiger partial charge in [0.25, 0.3) is 0 Å². The Kier molecular flexibility index (Phi) is 4.14. The number of rotatable bonds is 3. The number of aromatic amines is 1. The Morgan fingerprint density at radius 1 is 1.11 bits per heavy atom. The van der Waals surface area contributed by atoms with E-state index in [1.807, 2.05) is 12.3 Å². The van der Waals surface area contributed by atoms with Gasteiger partial charge in [0.05, 0.1) is 6.20 Å². The Labute approximate surface area is 117 Å². The summed E-state index contributed by atoms with van der Waals surface area (Å²) in [6, 6.07) is 10.5. The molecule has 0 saturated heterocycles. The topological polar surface area (TPSA) is 67.6 Å². The van der Waals surface area contributed by atoms with Crippen molar-refractivity contribution in [2.24, 2.45) is 5.73 Å². The maximum Gasteiger partial charge on any atom is 0.155 e. The molecule has 4 nitrogen and oxygen atoms in total. The van der Waals surface area contributed by atoms with E-state index >= 15 is 0 Å². The van der Waals surface area contributed by atoms with Crippen LogP contribution in [-0.4, -0.2) is 21.7 Å². The molecule has 0 unspecified atom stereocenters. The molecule has 3 N–H and O–H groups in total. The number of hydrogen-bond acceptors (Lipinski definition) is 3. The van der Waals surface area contributed by atoms with Crippen molar-refractivity contribution < 1.29 is 0 Å². The predicted molar refractivity (Wildman–Crippen MR) is 79.3 cm³/mol. The fraction of sp³-hybridized carbons (Fsp3) is 0.143. The average Bonchev–Trinajstić information content (AvgIpc) is 2.88. The summed E-state index contributed by atoms with van der Waals surface area (Å²) >= 11 is 0. The van der Waals surface area contributed by atoms with Crippen molar-refractivity contribution in [2.75, 3.05) is 6.54 Å². The number of aromatic nitrogens is 3. The summed E-state index contributed by atoms with van der Waals surface area (Å²) < 4.78 is 0. The molecule has 2 aromatic heterocycles. The van der Waals surface area contributed by atoms with Crippen LogP contribution in [-0.2, 0) is 6.42 Å². The molecule has 0 spiro atoms. The van der Waals surface area contributed by atoms with Gasteiger partial charge in [-0.15, -0.1) is 12.4 Å². The molecular weight excluding hydrogens is 260 g/mol. The molecule has 0 saturated carbocycles. The number of nitrogens with two attached hydrogens (primary N) is 1. The second kappa shape index (κ2) is 5.82. The molecule has 0 atom stereocenters. The van der Waals surface area contributed by atoms with Crippen molar-refractivity contribution in [3.8, 4) is 11.1 Å². The van der Waals surface area contributed by atoms with Crippen molar-refractivity contribution in [1.82, 2.24) is 15.2 Å². The minimum absolute atomic E-state index is 0. The number of nitrogens with zero attached hydrogens (tertiary/aromatic N) is 2. The smallest absolute Gasteiger partial charge is 0.155 e. The quantitative estimate of drug-likeness (QED) is 0.771. The maximum atomic E-state index is 5.55. The van der Waals surface area contributed by atoms with Gasteiger partial charge in [0.2, 0.25) is 0 Å². The zero-order valence-corrected chi connectivity index (χ0v) is 11.2. The third-order valence-electron chi connectivity index (χ3n) is 3.05. The first-order valence-corrected chi connectivity index (χ1v) is 5.96. The highest BCUT2D eigenvalue weighted by molar-refractivity contribution is 5.91. The molecule has 0 bridgehead atoms. The fourth-order valence-corrected chi connectivity index (χ4v) is 2.12. The summed E-state index contributed by atoms with van der Waals surface area (Å²) in [6.45, 7) is 0.681. The van der Waals surface area contributed by atoms with Crippen LogP contribution in [0.2, 0.25) is 0 Å². The summed E-state index contributed by atoms with van der Waals surface area (Å²) in [5, 5.41) is 7.96. The molecule has 3 rings (SSSR count). The molecule has 19 heavy (non-hydrogen) atoms. The van der Waals surface area contributed by atoms with Crippen LogP contribution >= 0.6 is 12.4 Å². The number of halogens is 1. The highest BCUT2D eigenvalue weighted by atomic mass is 35.5. The van der Waals surface area contributed by atoms with Crippen molar-refractivity contribution in [1.29, 1.82) is 0 Å². The van der Waals surface area contributed by atoms with Gasteiger partial charge in [-0.2, -0.15) is 5.10 Å². The summed E-state index contributed by atoms with van der Waals surface area (Å²) in [5.74, 6) is 0. The third-order valence-corrected chi connectivity index (χ3v) is 3.05. The molecule has 0 aliphatic rings. The minimum atomic E-state index is 0. The van der Waals surface area contributed by atoms with Gasteiger partial charge in [0.1, 0.15) is 0 Å². The molecule has 0 aliphatic carbocycles. The first-order valence-electron chi connectivity index (χ1n) is 5.96. The summed E-state index contributed by atoms with van der Waals surface area (Å²) in [5.41, 5.74) is 9.95. The Bertz CT molecular complexity index is 661. The zero-order chi connectivity index (χ0) is 12.4. The largest absolute Gasteiger partial charge is 0.330 e. The van der Waals surface area contributed by atoms with Crippen LogP contribution in [0.3, 0.4) is 0 Å². The Morgan fingerprint density at radius 3 is 2.63 bits per heavy atom. The fourth-order valence-electron chi connectivity index (χ4n) is 2.12. The predicted octanol–water partition coefficient (Wildman–Crippen LogP) is 2.55. The molecule has 98 valence electrons. The van der Waals surface area contributed by atoms with E-state index in [0.717, 1.165) is 23.0 Å². The van der Waals surface area contributed by atoms with E-state index in [1.165, 1.54) is 11.1 Å². The van der Waals surface area contributed by atoms with E-state index in [1.54, 1.807) is 6.20 Å². The molecule has 0 aliphatic heterocycles. The van der Waals surface area contributed by atoms with E-state index in [0.29, 0.717) is 6.54 Å². The molecule has 0 fully saturated rings. The van der Waals surface area contributed by atoms with E-state index in [4.69, 9.17) is 5.73 Å². The molecular formula is C14H15ClN4. The van der Waals surface area contributed by atoms with Gasteiger partial charge in [-0.3, -0.25) is 5.10 Å². The molecule has 0 amide bonds. The lowest BCUT2D eigenvalue weighted by molar-refractivity contribution is 0.969. The Hall–Kier alpha value is -1.91. The van der Waals surface area contributed by atoms with Gasteiger partial charge in [-0.1, -0.05) is 24.3 Å². The lowest BCUT2D eigenvalue weighted by Crippen LogP contribution is -2.02. The second-order valence-corrected chi connectivity index (χ2v) is 4.23. The molecule has 1 aromatic carbocycles. The summed E-state index contributed by atoms with van der Waals surface area (Å²) in [4.78, 5) is 4.24. The lowest BCUT2D eigenvalue weighted by Gasteiger charge is -2.04. The second-order valence-electron chi connectivity index (χ2n) is 4.23. The van der Waals surface area contributed by atoms with E-state index < -0.39 is 0 Å². The van der Waals surface area contributed by atoms with Gasteiger partial charge >= 0.3 is 0 Å². The SMILES string of the molecule is Cl.NCCc1ccc(-c2ccnc3[nH]ncc23)cc1. The Morgan fingerprint density at radius 2 is 1.89 bits per heavy atom. The molecule has 0 radical (unpaired) electrons. The number of pyridine rings is 1. The molecule has 3 aromatic rings. The number of H-pyrrole nitrogens is 1. The number of fused-ring (bicyclic) bond motifs is 1. The van der Waals surface area contributed by atoms with Crippen LogP contribution in [0.4, 0.5) is 0 Å². The van der Waals surface area contributed by atoms with Crippen molar-refractivity contribution in [3.05, 3.63) is 48.3 Å². The number of nitrogens with one attached hydrogen (secondary N) is 1. The van der Waals surface area contributed by atoms with E-state index in [2.05, 4.69) is 39.4 Å². The van der Waals surface area contributed by atoms with Crippen LogP contribution in [0.25, 0.3) is 22.2 Å². The monoisotopic (exact) mass is 274 g/mol. The first-order chi connectivity index (χ1) is 8.88. The van der Waals surface area contributed by atoms with Gasteiger partial charge in [-0.05, 0) is 35.7 Å². The first kappa shape index (κ1) is 13.5. The van der Waals surface area contributed by atoms with Gasteiger partial charge < -0.3 is 5.73 Å². The highest BCUT2D eigenvalue weighted by Gasteiger charge is 2.05. The highest BCUT2D eigenvalue weighted by Crippen LogP contribution is 2.26. The summed E-state index contributed by atoms with van der Waals surface area (Å²) in [7, 11) is 0. The zero-order valence-electron chi connectivity index (χ0n) is 10.3. The number of benzene rings is 1. The van der Waals surface area contributed by atoms with E-state index in [-0.39, 0.29) is 12.4 Å². The maximum absolute atomic E-state index is 5.55. The van der Waals surface area contributed by atoms with Crippen LogP contribution in [0.15, 0.2) is 42.7 Å². The molecule has 5 heteroatoms. The number of hydrogen-bond donors (Lipinski definition) is 2. The average molecular weight is 275 g/mol. The van der Waals surface area contributed by atoms with Crippen LogP contribution in [0.1, 0.15) is 5.56 Å². The van der Waals surface area contributed by atoms with Crippen LogP contribution in [0.5, 0.6) is 0 Å². The third kappa shape index (κ3) is 2.59. The van der Waals surface area contributed by atoms with Crippen molar-refractivity contribution in [2.45, 2.75) is 6.42 Å². The van der Waals surface area contributed by atoms with Gasteiger partial charge in [0.15, 0.2) is 5.65 Å². The summed E-state index contributed by atoms with van der Waals surface area (Å²) in [6.07, 6.45) is 4.52. The van der Waals surface area contributed by atoms with Gasteiger partial charge in [-0.25, -0.2) is 4.98 Å². The normalized spacial score (nSPS) is 10.4. The standard InChI is InChI=1S/C14H14N4.ClH/c15-7-5-10-1-3-11(4-2-10)12-6-8-16-14-13(12)9-17-18-14;/h1-4,6,8-9H,5,7,15H2,(H,16,17,18);1H. The lowest BCUT2D eigenvalue weighted by atomic mass is 10.0. The van der Waals surface area contributed by atoms with E-state index in [9.17, 15) is 0 Å².